The normalized spacial score (nSPS) is 14.1. The van der Waals surface area contributed by atoms with Crippen LogP contribution in [0.5, 0.6) is 0 Å². The average molecular weight is 514 g/mol. The highest BCUT2D eigenvalue weighted by Crippen LogP contribution is 2.36. The van der Waals surface area contributed by atoms with E-state index in [2.05, 4.69) is 10.6 Å². The number of amides is 2. The minimum Gasteiger partial charge on any atom is -0.444 e. The van der Waals surface area contributed by atoms with Crippen molar-refractivity contribution in [1.82, 2.24) is 10.6 Å². The van der Waals surface area contributed by atoms with Crippen LogP contribution in [0.4, 0.5) is 16.2 Å². The molecule has 10 nitrogen and oxygen atoms in total. The summed E-state index contributed by atoms with van der Waals surface area (Å²) in [5.41, 5.74) is 16.4. The van der Waals surface area contributed by atoms with E-state index in [1.807, 2.05) is 0 Å². The number of carbonyl (C=O) groups is 3. The van der Waals surface area contributed by atoms with Crippen LogP contribution in [0.15, 0.2) is 48.5 Å². The molecule has 0 aliphatic heterocycles. The summed E-state index contributed by atoms with van der Waals surface area (Å²) in [6.45, 7) is 10.4. The van der Waals surface area contributed by atoms with E-state index in [0.717, 1.165) is 5.56 Å². The quantitative estimate of drug-likeness (QED) is 0.203. The molecular formula is C27H39N5O5. The van der Waals surface area contributed by atoms with Crippen LogP contribution in [-0.4, -0.2) is 29.1 Å². The van der Waals surface area contributed by atoms with Gasteiger partial charge in [-0.1, -0.05) is 45.0 Å². The number of nitrogen functional groups attached to an aromatic ring is 2. The number of ether oxygens (including phenoxy) is 2. The molecule has 37 heavy (non-hydrogen) atoms. The second kappa shape index (κ2) is 11.5. The van der Waals surface area contributed by atoms with Gasteiger partial charge in [-0.2, -0.15) is 0 Å². The Labute approximate surface area is 218 Å². The van der Waals surface area contributed by atoms with Crippen molar-refractivity contribution in [3.63, 3.8) is 0 Å². The zero-order chi connectivity index (χ0) is 28.0. The first kappa shape index (κ1) is 29.4. The second-order valence-corrected chi connectivity index (χ2v) is 11.0. The molecule has 0 bridgehead atoms. The van der Waals surface area contributed by atoms with E-state index in [9.17, 15) is 14.4 Å². The average Bonchev–Trinajstić information content (AvgIpc) is 2.76. The standard InChI is InChI=1S/C27H39N5O5/c1-25(2,3)27(32-24(35)37-26(4,5)6,15-21(33)31-16-17-7-11-19(28)12-8-17)23(34)36-22(30)18-9-13-20(29)14-10-18/h7-14,22H,15-16,28-30H2,1-6H3,(H,31,33)(H,32,35)/t22?,27-/m0/s1. The lowest BCUT2D eigenvalue weighted by Crippen LogP contribution is -2.65. The van der Waals surface area contributed by atoms with E-state index >= 15 is 0 Å². The van der Waals surface area contributed by atoms with Gasteiger partial charge in [0.2, 0.25) is 5.91 Å². The Kier molecular flexibility index (Phi) is 9.16. The van der Waals surface area contributed by atoms with Gasteiger partial charge in [-0.05, 0) is 56.0 Å². The van der Waals surface area contributed by atoms with Crippen LogP contribution < -0.4 is 27.8 Å². The summed E-state index contributed by atoms with van der Waals surface area (Å²) in [6.07, 6.45) is -2.45. The lowest BCUT2D eigenvalue weighted by atomic mass is 9.71. The van der Waals surface area contributed by atoms with Gasteiger partial charge in [0.05, 0.1) is 6.42 Å². The Bertz CT molecular complexity index is 1090. The number of hydrogen-bond acceptors (Lipinski definition) is 8. The minimum absolute atomic E-state index is 0.200. The van der Waals surface area contributed by atoms with Crippen molar-refractivity contribution in [2.24, 2.45) is 11.1 Å². The molecule has 2 aromatic carbocycles. The third-order valence-corrected chi connectivity index (χ3v) is 5.74. The molecule has 202 valence electrons. The molecule has 8 N–H and O–H groups in total. The molecule has 0 aliphatic rings. The number of hydrogen-bond donors (Lipinski definition) is 5. The predicted molar refractivity (Wildman–Crippen MR) is 143 cm³/mol. The summed E-state index contributed by atoms with van der Waals surface area (Å²) in [6, 6.07) is 13.5. The molecule has 0 saturated carbocycles. The molecule has 0 spiro atoms. The first-order valence-electron chi connectivity index (χ1n) is 12.0. The Hall–Kier alpha value is -3.79. The lowest BCUT2D eigenvalue weighted by molar-refractivity contribution is -0.165. The maximum atomic E-state index is 13.7. The fourth-order valence-corrected chi connectivity index (χ4v) is 3.51. The first-order valence-corrected chi connectivity index (χ1v) is 12.0. The molecule has 0 fully saturated rings. The summed E-state index contributed by atoms with van der Waals surface area (Å²) >= 11 is 0. The molecule has 1 unspecified atom stereocenters. The molecule has 0 heterocycles. The van der Waals surface area contributed by atoms with E-state index in [0.29, 0.717) is 16.9 Å². The number of anilines is 2. The summed E-state index contributed by atoms with van der Waals surface area (Å²) in [5.74, 6) is -1.36. The van der Waals surface area contributed by atoms with E-state index in [4.69, 9.17) is 26.7 Å². The molecule has 0 radical (unpaired) electrons. The fourth-order valence-electron chi connectivity index (χ4n) is 3.51. The van der Waals surface area contributed by atoms with Gasteiger partial charge in [-0.3, -0.25) is 10.5 Å². The number of rotatable bonds is 8. The Balaban J connectivity index is 2.35. The largest absolute Gasteiger partial charge is 0.444 e. The summed E-state index contributed by atoms with van der Waals surface area (Å²) in [7, 11) is 0. The van der Waals surface area contributed by atoms with Crippen LogP contribution in [0.1, 0.15) is 65.3 Å². The van der Waals surface area contributed by atoms with Crippen LogP contribution in [0.3, 0.4) is 0 Å². The van der Waals surface area contributed by atoms with Crippen LogP contribution in [0.2, 0.25) is 0 Å². The van der Waals surface area contributed by atoms with Gasteiger partial charge in [0.25, 0.3) is 0 Å². The van der Waals surface area contributed by atoms with Crippen molar-refractivity contribution < 1.29 is 23.9 Å². The smallest absolute Gasteiger partial charge is 0.408 e. The van der Waals surface area contributed by atoms with Gasteiger partial charge in [0.1, 0.15) is 5.60 Å². The zero-order valence-electron chi connectivity index (χ0n) is 22.4. The summed E-state index contributed by atoms with van der Waals surface area (Å²) < 4.78 is 11.0. The van der Waals surface area contributed by atoms with Gasteiger partial charge >= 0.3 is 12.1 Å². The molecule has 0 aromatic heterocycles. The van der Waals surface area contributed by atoms with Crippen LogP contribution in [0, 0.1) is 5.41 Å². The summed E-state index contributed by atoms with van der Waals surface area (Å²) in [4.78, 5) is 39.7. The molecule has 0 aliphatic carbocycles. The lowest BCUT2D eigenvalue weighted by Gasteiger charge is -2.43. The van der Waals surface area contributed by atoms with E-state index in [1.54, 1.807) is 90.1 Å². The molecule has 2 amide bonds. The number of benzene rings is 2. The van der Waals surface area contributed by atoms with Gasteiger partial charge in [-0.15, -0.1) is 0 Å². The Morgan fingerprint density at radius 3 is 1.86 bits per heavy atom. The maximum absolute atomic E-state index is 13.7. The van der Waals surface area contributed by atoms with E-state index in [1.165, 1.54) is 0 Å². The third-order valence-electron chi connectivity index (χ3n) is 5.74. The van der Waals surface area contributed by atoms with Crippen molar-refractivity contribution in [1.29, 1.82) is 0 Å². The first-order chi connectivity index (χ1) is 17.0. The number of carbonyl (C=O) groups excluding carboxylic acids is 3. The van der Waals surface area contributed by atoms with Crippen molar-refractivity contribution in [2.75, 3.05) is 11.5 Å². The van der Waals surface area contributed by atoms with Crippen LogP contribution in [0.25, 0.3) is 0 Å². The van der Waals surface area contributed by atoms with Crippen molar-refractivity contribution in [2.45, 2.75) is 71.9 Å². The molecule has 10 heteroatoms. The minimum atomic E-state index is -1.81. The maximum Gasteiger partial charge on any atom is 0.408 e. The number of alkyl carbamates (subject to hydrolysis) is 1. The van der Waals surface area contributed by atoms with E-state index in [-0.39, 0.29) is 6.54 Å². The van der Waals surface area contributed by atoms with Crippen molar-refractivity contribution in [3.05, 3.63) is 59.7 Å². The highest BCUT2D eigenvalue weighted by molar-refractivity contribution is 5.93. The number of nitrogens with two attached hydrogens (primary N) is 3. The van der Waals surface area contributed by atoms with Crippen LogP contribution >= 0.6 is 0 Å². The van der Waals surface area contributed by atoms with Gasteiger partial charge in [0.15, 0.2) is 11.8 Å². The molecule has 2 aromatic rings. The Morgan fingerprint density at radius 1 is 0.865 bits per heavy atom. The monoisotopic (exact) mass is 513 g/mol. The summed E-state index contributed by atoms with van der Waals surface area (Å²) in [5, 5.41) is 5.43. The number of nitrogens with one attached hydrogen (secondary N) is 2. The fraction of sp³-hybridized carbons (Fsp3) is 0.444. The molecule has 0 saturated heterocycles. The van der Waals surface area contributed by atoms with Crippen LogP contribution in [-0.2, 0) is 25.6 Å². The SMILES string of the molecule is CC(C)(C)OC(=O)N[C@@](CC(=O)NCc1ccc(N)cc1)(C(=O)OC(N)c1ccc(N)cc1)C(C)(C)C. The van der Waals surface area contributed by atoms with Crippen molar-refractivity contribution >= 4 is 29.3 Å². The second-order valence-electron chi connectivity index (χ2n) is 11.0. The topological polar surface area (TPSA) is 172 Å². The van der Waals surface area contributed by atoms with Crippen molar-refractivity contribution in [3.8, 4) is 0 Å². The molecule has 2 rings (SSSR count). The van der Waals surface area contributed by atoms with Gasteiger partial charge in [-0.25, -0.2) is 9.59 Å². The predicted octanol–water partition coefficient (Wildman–Crippen LogP) is 3.37. The number of esters is 1. The zero-order valence-corrected chi connectivity index (χ0v) is 22.4. The third kappa shape index (κ3) is 8.38. The highest BCUT2D eigenvalue weighted by atomic mass is 16.6. The molecule has 2 atom stereocenters. The van der Waals surface area contributed by atoms with Gasteiger partial charge < -0.3 is 31.6 Å². The van der Waals surface area contributed by atoms with E-state index < -0.39 is 47.2 Å². The molecular weight excluding hydrogens is 474 g/mol. The highest BCUT2D eigenvalue weighted by Gasteiger charge is 2.53. The van der Waals surface area contributed by atoms with Gasteiger partial charge in [0, 0.05) is 23.5 Å². The Morgan fingerprint density at radius 2 is 1.38 bits per heavy atom.